The number of carbonyl (C=O) groups excluding carboxylic acids is 1. The first-order valence-corrected chi connectivity index (χ1v) is 11.5. The molecule has 0 N–H and O–H groups in total. The minimum absolute atomic E-state index is 0.0731. The molecule has 35 heavy (non-hydrogen) atoms. The highest BCUT2D eigenvalue weighted by Gasteiger charge is 2.28. The highest BCUT2D eigenvalue weighted by atomic mass is 19.3. The number of likely N-dealkylation sites (tertiary alicyclic amines) is 1. The van der Waals surface area contributed by atoms with Gasteiger partial charge in [0.25, 0.3) is 18.6 Å². The van der Waals surface area contributed by atoms with E-state index in [9.17, 15) is 18.0 Å². The predicted octanol–water partition coefficient (Wildman–Crippen LogP) is 4.64. The number of carbonyl (C=O) groups is 1. The topological polar surface area (TPSA) is 77.6 Å². The number of aromatic nitrogens is 5. The second kappa shape index (κ2) is 9.65. The summed E-state index contributed by atoms with van der Waals surface area (Å²) in [5, 5.41) is 4.56. The van der Waals surface area contributed by atoms with Crippen molar-refractivity contribution in [2.24, 2.45) is 0 Å². The zero-order valence-corrected chi connectivity index (χ0v) is 19.2. The fraction of sp³-hybridized carbons (Fsp3) is 0.417. The quantitative estimate of drug-likeness (QED) is 0.397. The third kappa shape index (κ3) is 4.36. The van der Waals surface area contributed by atoms with Crippen molar-refractivity contribution in [3.63, 3.8) is 0 Å². The number of alkyl halides is 3. The molecular weight excluding hydrogens is 461 g/mol. The largest absolute Gasteiger partial charge is 0.380 e. The molecule has 0 saturated carbocycles. The third-order valence-corrected chi connectivity index (χ3v) is 6.27. The maximum Gasteiger partial charge on any atom is 0.289 e. The van der Waals surface area contributed by atoms with E-state index >= 15 is 0 Å². The van der Waals surface area contributed by atoms with Crippen LogP contribution in [-0.4, -0.2) is 61.6 Å². The number of fused-ring (bicyclic) bond motifs is 2. The highest BCUT2D eigenvalue weighted by Crippen LogP contribution is 2.33. The zero-order valence-electron chi connectivity index (χ0n) is 19.2. The molecule has 0 aliphatic carbocycles. The van der Waals surface area contributed by atoms with Gasteiger partial charge < -0.3 is 9.64 Å². The summed E-state index contributed by atoms with van der Waals surface area (Å²) < 4.78 is 49.1. The number of nitrogens with zero attached hydrogens (tertiary/aromatic N) is 6. The second-order valence-electron chi connectivity index (χ2n) is 8.64. The molecule has 5 heterocycles. The lowest BCUT2D eigenvalue weighted by Gasteiger charge is -2.19. The molecule has 5 rings (SSSR count). The standard InChI is InChI=1S/C24H25F3N6O2/c1-35-14-15-6-7-20-29-12-19(32(20)13-15)21-16-11-28-17(24(34)31-8-4-2-3-5-9-31)10-18(16)33(30-21)23(27)22(25)26/h6-7,10-13,22-23H,2-5,8-9,14H2,1H3. The van der Waals surface area contributed by atoms with E-state index in [2.05, 4.69) is 15.1 Å². The van der Waals surface area contributed by atoms with Gasteiger partial charge in [-0.25, -0.2) is 22.8 Å². The Hall–Kier alpha value is -3.47. The van der Waals surface area contributed by atoms with Crippen molar-refractivity contribution in [2.75, 3.05) is 20.2 Å². The molecule has 4 aromatic heterocycles. The van der Waals surface area contributed by atoms with Crippen LogP contribution >= 0.6 is 0 Å². The SMILES string of the molecule is COCc1ccc2ncc(-c3nn(C(F)C(F)F)c4cc(C(=O)N5CCCCCC5)ncc34)n2c1. The van der Waals surface area contributed by atoms with Gasteiger partial charge >= 0.3 is 0 Å². The molecule has 0 radical (unpaired) electrons. The molecule has 1 aliphatic heterocycles. The summed E-state index contributed by atoms with van der Waals surface area (Å²) >= 11 is 0. The van der Waals surface area contributed by atoms with Crippen LogP contribution in [0.15, 0.2) is 36.8 Å². The Morgan fingerprint density at radius 1 is 1.09 bits per heavy atom. The van der Waals surface area contributed by atoms with Crippen LogP contribution in [-0.2, 0) is 11.3 Å². The molecule has 1 unspecified atom stereocenters. The summed E-state index contributed by atoms with van der Waals surface area (Å²) in [7, 11) is 1.58. The molecular formula is C24H25F3N6O2. The monoisotopic (exact) mass is 486 g/mol. The predicted molar refractivity (Wildman–Crippen MR) is 123 cm³/mol. The number of methoxy groups -OCH3 is 1. The molecule has 11 heteroatoms. The average molecular weight is 486 g/mol. The van der Waals surface area contributed by atoms with Gasteiger partial charge in [0.05, 0.1) is 24.0 Å². The summed E-state index contributed by atoms with van der Waals surface area (Å²) in [5.41, 5.74) is 2.35. The average Bonchev–Trinajstić information content (AvgIpc) is 3.32. The minimum atomic E-state index is -3.29. The van der Waals surface area contributed by atoms with Crippen LogP contribution in [0.5, 0.6) is 0 Å². The number of imidazole rings is 1. The number of pyridine rings is 2. The number of ether oxygens (including phenoxy) is 1. The van der Waals surface area contributed by atoms with Gasteiger partial charge in [-0.15, -0.1) is 0 Å². The van der Waals surface area contributed by atoms with Crippen LogP contribution in [0, 0.1) is 0 Å². The van der Waals surface area contributed by atoms with E-state index in [1.54, 1.807) is 34.9 Å². The molecule has 8 nitrogen and oxygen atoms in total. The van der Waals surface area contributed by atoms with E-state index in [-0.39, 0.29) is 22.8 Å². The Morgan fingerprint density at radius 2 is 1.86 bits per heavy atom. The van der Waals surface area contributed by atoms with Crippen molar-refractivity contribution in [1.82, 2.24) is 29.0 Å². The number of halogens is 3. The molecule has 4 aromatic rings. The lowest BCUT2D eigenvalue weighted by Crippen LogP contribution is -2.32. The van der Waals surface area contributed by atoms with Crippen molar-refractivity contribution in [3.05, 3.63) is 48.0 Å². The lowest BCUT2D eigenvalue weighted by molar-refractivity contribution is 0.00356. The van der Waals surface area contributed by atoms with E-state index < -0.39 is 12.7 Å². The Labute approximate surface area is 199 Å². The molecule has 184 valence electrons. The van der Waals surface area contributed by atoms with Crippen LogP contribution in [0.3, 0.4) is 0 Å². The van der Waals surface area contributed by atoms with Crippen LogP contribution < -0.4 is 0 Å². The van der Waals surface area contributed by atoms with E-state index in [4.69, 9.17) is 4.74 Å². The summed E-state index contributed by atoms with van der Waals surface area (Å²) in [4.78, 5) is 23.5. The second-order valence-corrected chi connectivity index (χ2v) is 8.64. The molecule has 0 bridgehead atoms. The van der Waals surface area contributed by atoms with Gasteiger partial charge in [0.2, 0.25) is 0 Å². The third-order valence-electron chi connectivity index (χ3n) is 6.27. The molecule has 1 amide bonds. The maximum atomic E-state index is 14.7. The van der Waals surface area contributed by atoms with Crippen LogP contribution in [0.2, 0.25) is 0 Å². The summed E-state index contributed by atoms with van der Waals surface area (Å²) in [6, 6.07) is 5.01. The van der Waals surface area contributed by atoms with Crippen molar-refractivity contribution in [1.29, 1.82) is 0 Å². The van der Waals surface area contributed by atoms with Gasteiger partial charge in [-0.05, 0) is 30.5 Å². The van der Waals surface area contributed by atoms with Gasteiger partial charge in [0.15, 0.2) is 0 Å². The number of rotatable bonds is 6. The number of hydrogen-bond donors (Lipinski definition) is 0. The summed E-state index contributed by atoms with van der Waals surface area (Å²) in [5.74, 6) is -0.297. The van der Waals surface area contributed by atoms with E-state index in [1.807, 2.05) is 6.07 Å². The molecule has 0 spiro atoms. The fourth-order valence-electron chi connectivity index (χ4n) is 4.52. The van der Waals surface area contributed by atoms with Gasteiger partial charge in [0, 0.05) is 38.0 Å². The van der Waals surface area contributed by atoms with Gasteiger partial charge in [-0.2, -0.15) is 5.10 Å². The van der Waals surface area contributed by atoms with Gasteiger partial charge in [-0.1, -0.05) is 18.9 Å². The normalized spacial score (nSPS) is 15.7. The first-order chi connectivity index (χ1) is 17.0. The molecule has 1 fully saturated rings. The van der Waals surface area contributed by atoms with Crippen LogP contribution in [0.25, 0.3) is 27.9 Å². The molecule has 1 atom stereocenters. The van der Waals surface area contributed by atoms with Crippen molar-refractivity contribution < 1.29 is 22.7 Å². The Balaban J connectivity index is 1.63. The zero-order chi connectivity index (χ0) is 24.5. The van der Waals surface area contributed by atoms with Crippen LogP contribution in [0.4, 0.5) is 13.2 Å². The van der Waals surface area contributed by atoms with Crippen molar-refractivity contribution in [2.45, 2.75) is 45.0 Å². The lowest BCUT2D eigenvalue weighted by atomic mass is 10.2. The minimum Gasteiger partial charge on any atom is -0.380 e. The van der Waals surface area contributed by atoms with Gasteiger partial charge in [0.1, 0.15) is 17.0 Å². The van der Waals surface area contributed by atoms with Crippen molar-refractivity contribution in [3.8, 4) is 11.4 Å². The maximum absolute atomic E-state index is 14.7. The van der Waals surface area contributed by atoms with E-state index in [0.717, 1.165) is 31.2 Å². The Bertz CT molecular complexity index is 1360. The van der Waals surface area contributed by atoms with Crippen molar-refractivity contribution >= 4 is 22.5 Å². The fourth-order valence-corrected chi connectivity index (χ4v) is 4.52. The first kappa shape index (κ1) is 23.3. The number of amides is 1. The Kier molecular flexibility index (Phi) is 6.42. The Morgan fingerprint density at radius 3 is 2.57 bits per heavy atom. The molecule has 1 saturated heterocycles. The highest BCUT2D eigenvalue weighted by molar-refractivity contribution is 5.99. The van der Waals surface area contributed by atoms with Gasteiger partial charge in [-0.3, -0.25) is 14.2 Å². The first-order valence-electron chi connectivity index (χ1n) is 11.5. The van der Waals surface area contributed by atoms with Crippen LogP contribution in [0.1, 0.15) is 48.0 Å². The number of hydrogen-bond acceptors (Lipinski definition) is 5. The molecule has 1 aliphatic rings. The smallest absolute Gasteiger partial charge is 0.289 e. The van der Waals surface area contributed by atoms with E-state index in [0.29, 0.717) is 41.1 Å². The summed E-state index contributed by atoms with van der Waals surface area (Å²) in [6.45, 7) is 1.58. The summed E-state index contributed by atoms with van der Waals surface area (Å²) in [6.07, 6.45) is 2.67. The molecule has 0 aromatic carbocycles. The van der Waals surface area contributed by atoms with E-state index in [1.165, 1.54) is 12.3 Å².